The Bertz CT molecular complexity index is 429. The van der Waals surface area contributed by atoms with Crippen molar-refractivity contribution >= 4 is 5.97 Å². The van der Waals surface area contributed by atoms with Crippen molar-refractivity contribution in [3.05, 3.63) is 35.4 Å². The lowest BCUT2D eigenvalue weighted by molar-refractivity contribution is -0.0749. The highest BCUT2D eigenvalue weighted by atomic mass is 16.6. The van der Waals surface area contributed by atoms with E-state index in [9.17, 15) is 4.79 Å². The molecule has 0 spiro atoms. The quantitative estimate of drug-likeness (QED) is 0.674. The number of ether oxygens (including phenoxy) is 1. The topological polar surface area (TPSA) is 26.3 Å². The Morgan fingerprint density at radius 3 is 2.44 bits per heavy atom. The molecule has 0 radical (unpaired) electrons. The molecule has 0 aromatic heterocycles. The molecule has 1 atom stereocenters. The van der Waals surface area contributed by atoms with Crippen molar-refractivity contribution in [1.82, 2.24) is 0 Å². The van der Waals surface area contributed by atoms with Crippen molar-refractivity contribution in [2.45, 2.75) is 39.7 Å². The summed E-state index contributed by atoms with van der Waals surface area (Å²) >= 11 is 0. The van der Waals surface area contributed by atoms with Gasteiger partial charge in [0.05, 0.1) is 5.56 Å². The third-order valence-corrected chi connectivity index (χ3v) is 3.56. The maximum atomic E-state index is 11.9. The number of carbonyl (C=O) groups excluding carboxylic acids is 1. The van der Waals surface area contributed by atoms with Crippen LogP contribution in [0.5, 0.6) is 0 Å². The molecular formula is C14H18O2. The van der Waals surface area contributed by atoms with E-state index in [2.05, 4.69) is 27.7 Å². The molecule has 1 aliphatic rings. The summed E-state index contributed by atoms with van der Waals surface area (Å²) in [6, 6.07) is 7.71. The van der Waals surface area contributed by atoms with Crippen LogP contribution in [0.15, 0.2) is 24.3 Å². The summed E-state index contributed by atoms with van der Waals surface area (Å²) in [5.41, 5.74) is 1.19. The molecule has 1 aliphatic heterocycles. The van der Waals surface area contributed by atoms with Crippen molar-refractivity contribution in [2.75, 3.05) is 0 Å². The van der Waals surface area contributed by atoms with Crippen molar-refractivity contribution in [3.63, 3.8) is 0 Å². The van der Waals surface area contributed by atoms with Gasteiger partial charge in [0.15, 0.2) is 0 Å². The third-order valence-electron chi connectivity index (χ3n) is 3.56. The van der Waals surface area contributed by atoms with Crippen LogP contribution < -0.4 is 0 Å². The molecule has 1 heterocycles. The van der Waals surface area contributed by atoms with Gasteiger partial charge in [-0.3, -0.25) is 0 Å². The molecule has 0 bridgehead atoms. The summed E-state index contributed by atoms with van der Waals surface area (Å²) in [5, 5.41) is 0. The minimum atomic E-state index is -0.472. The Morgan fingerprint density at radius 2 is 1.88 bits per heavy atom. The van der Waals surface area contributed by atoms with E-state index in [-0.39, 0.29) is 11.4 Å². The van der Waals surface area contributed by atoms with Gasteiger partial charge in [0.1, 0.15) is 5.60 Å². The first-order valence-electron chi connectivity index (χ1n) is 5.75. The summed E-state index contributed by atoms with van der Waals surface area (Å²) in [5.74, 6) is -0.188. The fourth-order valence-electron chi connectivity index (χ4n) is 2.63. The number of rotatable bonds is 1. The molecule has 2 nitrogen and oxygen atoms in total. The number of cyclic esters (lactones) is 1. The zero-order valence-corrected chi connectivity index (χ0v) is 10.3. The van der Waals surface area contributed by atoms with E-state index >= 15 is 0 Å². The Kier molecular flexibility index (Phi) is 2.33. The number of benzene rings is 1. The van der Waals surface area contributed by atoms with E-state index in [0.29, 0.717) is 0 Å². The monoisotopic (exact) mass is 218 g/mol. The number of carbonyl (C=O) groups is 1. The van der Waals surface area contributed by atoms with Crippen LogP contribution in [-0.4, -0.2) is 5.97 Å². The second kappa shape index (κ2) is 3.34. The van der Waals surface area contributed by atoms with E-state index in [0.717, 1.165) is 17.5 Å². The highest BCUT2D eigenvalue weighted by Crippen LogP contribution is 2.50. The van der Waals surface area contributed by atoms with Crippen LogP contribution >= 0.6 is 0 Å². The molecule has 0 N–H and O–H groups in total. The normalized spacial score (nSPS) is 24.1. The predicted molar refractivity (Wildman–Crippen MR) is 63.3 cm³/mol. The first-order chi connectivity index (χ1) is 7.42. The van der Waals surface area contributed by atoms with Gasteiger partial charge in [-0.05, 0) is 12.5 Å². The van der Waals surface area contributed by atoms with Gasteiger partial charge in [0.2, 0.25) is 0 Å². The first-order valence-corrected chi connectivity index (χ1v) is 5.75. The van der Waals surface area contributed by atoms with Crippen LogP contribution in [0, 0.1) is 5.41 Å². The number of esters is 1. The van der Waals surface area contributed by atoms with Gasteiger partial charge >= 0.3 is 5.97 Å². The zero-order chi connectivity index (χ0) is 12.0. The van der Waals surface area contributed by atoms with Gasteiger partial charge in [-0.15, -0.1) is 0 Å². The van der Waals surface area contributed by atoms with Crippen LogP contribution in [0.3, 0.4) is 0 Å². The summed E-state index contributed by atoms with van der Waals surface area (Å²) in [4.78, 5) is 11.9. The van der Waals surface area contributed by atoms with E-state index in [1.165, 1.54) is 0 Å². The molecule has 1 aromatic rings. The highest BCUT2D eigenvalue weighted by Gasteiger charge is 2.51. The summed E-state index contributed by atoms with van der Waals surface area (Å²) in [7, 11) is 0. The molecule has 0 saturated carbocycles. The molecule has 2 heteroatoms. The van der Waals surface area contributed by atoms with Gasteiger partial charge in [-0.25, -0.2) is 4.79 Å². The largest absolute Gasteiger partial charge is 0.450 e. The molecule has 0 aliphatic carbocycles. The summed E-state index contributed by atoms with van der Waals surface area (Å²) < 4.78 is 5.69. The van der Waals surface area contributed by atoms with Gasteiger partial charge in [-0.2, -0.15) is 0 Å². The van der Waals surface area contributed by atoms with E-state index in [4.69, 9.17) is 4.74 Å². The maximum Gasteiger partial charge on any atom is 0.339 e. The minimum Gasteiger partial charge on any atom is -0.450 e. The van der Waals surface area contributed by atoms with Crippen molar-refractivity contribution in [1.29, 1.82) is 0 Å². The first kappa shape index (κ1) is 11.2. The Hall–Kier alpha value is -1.31. The zero-order valence-electron chi connectivity index (χ0n) is 10.3. The second-order valence-corrected chi connectivity index (χ2v) is 5.37. The fourth-order valence-corrected chi connectivity index (χ4v) is 2.63. The fraction of sp³-hybridized carbons (Fsp3) is 0.500. The number of hydrogen-bond donors (Lipinski definition) is 0. The number of fused-ring (bicyclic) bond motifs is 1. The molecule has 16 heavy (non-hydrogen) atoms. The average molecular weight is 218 g/mol. The lowest BCUT2D eigenvalue weighted by Crippen LogP contribution is -2.39. The molecule has 86 valence electrons. The standard InChI is InChI=1S/C14H18O2/c1-5-14(13(2,3)4)11-9-7-6-8-10(11)12(15)16-14/h6-9H,5H2,1-4H3. The Balaban J connectivity index is 2.66. The van der Waals surface area contributed by atoms with Gasteiger partial charge in [0, 0.05) is 11.0 Å². The smallest absolute Gasteiger partial charge is 0.339 e. The van der Waals surface area contributed by atoms with Gasteiger partial charge < -0.3 is 4.74 Å². The summed E-state index contributed by atoms with van der Waals surface area (Å²) in [6.45, 7) is 8.42. The molecule has 0 fully saturated rings. The van der Waals surface area contributed by atoms with E-state index < -0.39 is 5.60 Å². The van der Waals surface area contributed by atoms with Gasteiger partial charge in [-0.1, -0.05) is 45.9 Å². The average Bonchev–Trinajstić information content (AvgIpc) is 2.53. The molecular weight excluding hydrogens is 200 g/mol. The predicted octanol–water partition coefficient (Wildman–Crippen LogP) is 3.51. The van der Waals surface area contributed by atoms with Crippen molar-refractivity contribution < 1.29 is 9.53 Å². The molecule has 0 amide bonds. The molecule has 0 saturated heterocycles. The van der Waals surface area contributed by atoms with Gasteiger partial charge in [0.25, 0.3) is 0 Å². The van der Waals surface area contributed by atoms with Crippen LogP contribution in [-0.2, 0) is 10.3 Å². The lowest BCUT2D eigenvalue weighted by atomic mass is 9.70. The maximum absolute atomic E-state index is 11.9. The Labute approximate surface area is 96.6 Å². The third kappa shape index (κ3) is 1.29. The second-order valence-electron chi connectivity index (χ2n) is 5.37. The van der Waals surface area contributed by atoms with Crippen LogP contribution in [0.25, 0.3) is 0 Å². The van der Waals surface area contributed by atoms with Crippen LogP contribution in [0.1, 0.15) is 50.0 Å². The van der Waals surface area contributed by atoms with E-state index in [1.807, 2.05) is 24.3 Å². The molecule has 2 rings (SSSR count). The molecule has 1 unspecified atom stereocenters. The number of hydrogen-bond acceptors (Lipinski definition) is 2. The van der Waals surface area contributed by atoms with Crippen molar-refractivity contribution in [2.24, 2.45) is 5.41 Å². The highest BCUT2D eigenvalue weighted by molar-refractivity contribution is 5.94. The lowest BCUT2D eigenvalue weighted by Gasteiger charge is -2.40. The van der Waals surface area contributed by atoms with Crippen LogP contribution in [0.4, 0.5) is 0 Å². The van der Waals surface area contributed by atoms with Crippen molar-refractivity contribution in [3.8, 4) is 0 Å². The SMILES string of the molecule is CCC1(C(C)(C)C)OC(=O)c2ccccc21. The van der Waals surface area contributed by atoms with E-state index in [1.54, 1.807) is 0 Å². The summed E-state index contributed by atoms with van der Waals surface area (Å²) in [6.07, 6.45) is 0.805. The van der Waals surface area contributed by atoms with Crippen LogP contribution in [0.2, 0.25) is 0 Å². The Morgan fingerprint density at radius 1 is 1.25 bits per heavy atom. The molecule has 1 aromatic carbocycles. The minimum absolute atomic E-state index is 0.0932.